The van der Waals surface area contributed by atoms with Crippen molar-refractivity contribution in [2.24, 2.45) is 0 Å². The molecular weight excluding hydrogens is 529 g/mol. The second-order valence-electron chi connectivity index (χ2n) is 7.91. The molecule has 0 atom stereocenters. The summed E-state index contributed by atoms with van der Waals surface area (Å²) in [5.74, 6) is 1.68. The summed E-state index contributed by atoms with van der Waals surface area (Å²) in [6.45, 7) is 4.29. The number of halogens is 3. The first-order valence-electron chi connectivity index (χ1n) is 11.4. The van der Waals surface area contributed by atoms with Gasteiger partial charge in [-0.25, -0.2) is 18.4 Å². The summed E-state index contributed by atoms with van der Waals surface area (Å²) in [6.07, 6.45) is -4.25. The molecule has 0 bridgehead atoms. The van der Waals surface area contributed by atoms with Crippen molar-refractivity contribution in [1.29, 1.82) is 0 Å². The van der Waals surface area contributed by atoms with Crippen molar-refractivity contribution < 1.29 is 40.6 Å². The van der Waals surface area contributed by atoms with Gasteiger partial charge in [-0.3, -0.25) is 4.79 Å². The second-order valence-corrected chi connectivity index (χ2v) is 10.2. The lowest BCUT2D eigenvalue weighted by Gasteiger charge is -2.31. The molecule has 1 saturated heterocycles. The third-order valence-electron chi connectivity index (χ3n) is 5.59. The third-order valence-corrected chi connectivity index (χ3v) is 7.32. The molecule has 10 nitrogen and oxygen atoms in total. The van der Waals surface area contributed by atoms with E-state index in [1.54, 1.807) is 45.4 Å². The number of hydrogen-bond acceptors (Lipinski definition) is 10. The molecule has 0 aliphatic carbocycles. The molecule has 0 radical (unpaired) electrons. The Balaban J connectivity index is 0.000000599. The standard InChI is InChI=1S/C22H26N4O5S.C2HF3O/c1-4-32(27,28)15-5-6-19(26-7-9-31-10-8-26)18(11-15)25-22-16-12-20(29-2)21(30-3)13-17(16)23-14-24-22;3-2(4,5)1-6/h5-6,11-14H,4,7-10H2,1-3H3,(H,23,24,25);1H. The molecule has 0 saturated carbocycles. The number of aldehydes is 1. The Labute approximate surface area is 217 Å². The maximum Gasteiger partial charge on any atom is 0.446 e. The fourth-order valence-electron chi connectivity index (χ4n) is 3.67. The monoisotopic (exact) mass is 556 g/mol. The quantitative estimate of drug-likeness (QED) is 0.431. The highest BCUT2D eigenvalue weighted by Gasteiger charge is 2.25. The topological polar surface area (TPSA) is 120 Å². The van der Waals surface area contributed by atoms with E-state index in [-0.39, 0.29) is 10.6 Å². The fraction of sp³-hybridized carbons (Fsp3) is 0.375. The van der Waals surface area contributed by atoms with Crippen LogP contribution in [0.15, 0.2) is 41.6 Å². The summed E-state index contributed by atoms with van der Waals surface area (Å²) in [5, 5.41) is 4.07. The lowest BCUT2D eigenvalue weighted by atomic mass is 10.2. The predicted molar refractivity (Wildman–Crippen MR) is 135 cm³/mol. The van der Waals surface area contributed by atoms with Crippen LogP contribution < -0.4 is 19.7 Å². The SMILES string of the molecule is CCS(=O)(=O)c1ccc(N2CCOCC2)c(Nc2ncnc3cc(OC)c(OC)cc23)c1.O=CC(F)(F)F. The van der Waals surface area contributed by atoms with Crippen LogP contribution in [0.1, 0.15) is 6.92 Å². The van der Waals surface area contributed by atoms with Crippen LogP contribution in [0.2, 0.25) is 0 Å². The van der Waals surface area contributed by atoms with Gasteiger partial charge in [-0.15, -0.1) is 0 Å². The Bertz CT molecular complexity index is 1380. The number of fused-ring (bicyclic) bond motifs is 1. The van der Waals surface area contributed by atoms with E-state index in [4.69, 9.17) is 19.0 Å². The highest BCUT2D eigenvalue weighted by molar-refractivity contribution is 7.91. The zero-order chi connectivity index (χ0) is 27.9. The van der Waals surface area contributed by atoms with Crippen LogP contribution in [-0.4, -0.2) is 77.1 Å². The number of anilines is 3. The van der Waals surface area contributed by atoms with Crippen molar-refractivity contribution in [3.8, 4) is 11.5 Å². The molecule has 1 aromatic heterocycles. The van der Waals surface area contributed by atoms with Gasteiger partial charge in [0.15, 0.2) is 21.3 Å². The molecule has 1 aliphatic rings. The fourth-order valence-corrected chi connectivity index (χ4v) is 4.57. The van der Waals surface area contributed by atoms with E-state index in [1.165, 1.54) is 6.33 Å². The zero-order valence-electron chi connectivity index (χ0n) is 20.9. The number of benzene rings is 2. The number of methoxy groups -OCH3 is 2. The average molecular weight is 557 g/mol. The molecule has 0 unspecified atom stereocenters. The number of aromatic nitrogens is 2. The van der Waals surface area contributed by atoms with Crippen LogP contribution in [0.25, 0.3) is 10.9 Å². The molecule has 1 aliphatic heterocycles. The number of sulfone groups is 1. The summed E-state index contributed by atoms with van der Waals surface area (Å²) < 4.78 is 72.6. The summed E-state index contributed by atoms with van der Waals surface area (Å²) in [4.78, 5) is 19.9. The number of alkyl halides is 3. The zero-order valence-corrected chi connectivity index (χ0v) is 21.7. The highest BCUT2D eigenvalue weighted by atomic mass is 32.2. The van der Waals surface area contributed by atoms with E-state index in [0.29, 0.717) is 54.8 Å². The van der Waals surface area contributed by atoms with Gasteiger partial charge >= 0.3 is 6.18 Å². The smallest absolute Gasteiger partial charge is 0.446 e. The van der Waals surface area contributed by atoms with Gasteiger partial charge in [0.05, 0.1) is 55.0 Å². The minimum atomic E-state index is -4.64. The molecule has 14 heteroatoms. The Morgan fingerprint density at radius 3 is 2.29 bits per heavy atom. The Morgan fingerprint density at radius 2 is 1.71 bits per heavy atom. The highest BCUT2D eigenvalue weighted by Crippen LogP contribution is 2.37. The van der Waals surface area contributed by atoms with Crippen molar-refractivity contribution in [2.75, 3.05) is 56.5 Å². The summed E-state index contributed by atoms with van der Waals surface area (Å²) >= 11 is 0. The van der Waals surface area contributed by atoms with Crippen LogP contribution in [0.3, 0.4) is 0 Å². The van der Waals surface area contributed by atoms with Gasteiger partial charge in [0, 0.05) is 24.5 Å². The van der Waals surface area contributed by atoms with Gasteiger partial charge < -0.3 is 24.4 Å². The van der Waals surface area contributed by atoms with E-state index in [1.807, 2.05) is 6.07 Å². The molecule has 206 valence electrons. The number of nitrogens with zero attached hydrogens (tertiary/aromatic N) is 3. The summed E-state index contributed by atoms with van der Waals surface area (Å²) in [6, 6.07) is 8.74. The number of nitrogens with one attached hydrogen (secondary N) is 1. The van der Waals surface area contributed by atoms with E-state index >= 15 is 0 Å². The van der Waals surface area contributed by atoms with Gasteiger partial charge in [0.1, 0.15) is 12.1 Å². The number of rotatable bonds is 7. The summed E-state index contributed by atoms with van der Waals surface area (Å²) in [7, 11) is -0.242. The number of morpholine rings is 1. The number of hydrogen-bond donors (Lipinski definition) is 1. The molecule has 2 heterocycles. The maximum absolute atomic E-state index is 12.5. The minimum Gasteiger partial charge on any atom is -0.493 e. The van der Waals surface area contributed by atoms with Crippen LogP contribution in [-0.2, 0) is 19.4 Å². The molecule has 1 N–H and O–H groups in total. The minimum absolute atomic E-state index is 0.0246. The molecule has 3 aromatic rings. The maximum atomic E-state index is 12.5. The lowest BCUT2D eigenvalue weighted by molar-refractivity contribution is -0.156. The van der Waals surface area contributed by atoms with Crippen LogP contribution in [0.4, 0.5) is 30.4 Å². The van der Waals surface area contributed by atoms with E-state index < -0.39 is 22.3 Å². The molecule has 0 amide bonds. The van der Waals surface area contributed by atoms with Crippen molar-refractivity contribution in [3.63, 3.8) is 0 Å². The molecule has 1 fully saturated rings. The molecule has 2 aromatic carbocycles. The Morgan fingerprint density at radius 1 is 1.08 bits per heavy atom. The molecule has 4 rings (SSSR count). The van der Waals surface area contributed by atoms with Crippen molar-refractivity contribution >= 4 is 44.2 Å². The van der Waals surface area contributed by atoms with E-state index in [9.17, 15) is 21.6 Å². The number of ether oxygens (including phenoxy) is 3. The Hall–Kier alpha value is -3.65. The molecule has 0 spiro atoms. The van der Waals surface area contributed by atoms with Crippen LogP contribution in [0, 0.1) is 0 Å². The van der Waals surface area contributed by atoms with Crippen molar-refractivity contribution in [2.45, 2.75) is 18.0 Å². The largest absolute Gasteiger partial charge is 0.493 e. The van der Waals surface area contributed by atoms with Gasteiger partial charge in [0.2, 0.25) is 6.29 Å². The molecule has 38 heavy (non-hydrogen) atoms. The Kier molecular flexibility index (Phi) is 9.33. The summed E-state index contributed by atoms with van der Waals surface area (Å²) in [5.41, 5.74) is 2.21. The lowest BCUT2D eigenvalue weighted by Crippen LogP contribution is -2.36. The predicted octanol–water partition coefficient (Wildman–Crippen LogP) is 3.77. The number of carbonyl (C=O) groups excluding carboxylic acids is 1. The van der Waals surface area contributed by atoms with Crippen LogP contribution >= 0.6 is 0 Å². The average Bonchev–Trinajstić information content (AvgIpc) is 2.92. The normalized spacial score (nSPS) is 13.9. The van der Waals surface area contributed by atoms with Gasteiger partial charge in [0.25, 0.3) is 0 Å². The first-order valence-corrected chi connectivity index (χ1v) is 13.0. The first kappa shape index (κ1) is 28.9. The first-order chi connectivity index (χ1) is 18.0. The van der Waals surface area contributed by atoms with Gasteiger partial charge in [-0.1, -0.05) is 6.92 Å². The van der Waals surface area contributed by atoms with E-state index in [2.05, 4.69) is 20.2 Å². The van der Waals surface area contributed by atoms with Gasteiger partial charge in [-0.05, 0) is 24.3 Å². The van der Waals surface area contributed by atoms with Crippen molar-refractivity contribution in [3.05, 3.63) is 36.7 Å². The number of carbonyl (C=O) groups is 1. The third kappa shape index (κ3) is 7.01. The second kappa shape index (κ2) is 12.3. The van der Waals surface area contributed by atoms with E-state index in [0.717, 1.165) is 11.1 Å². The van der Waals surface area contributed by atoms with Crippen LogP contribution in [0.5, 0.6) is 11.5 Å². The van der Waals surface area contributed by atoms with Crippen molar-refractivity contribution in [1.82, 2.24) is 9.97 Å². The van der Waals surface area contributed by atoms with Gasteiger partial charge in [-0.2, -0.15) is 13.2 Å². The molecular formula is C24H27F3N4O6S.